The summed E-state index contributed by atoms with van der Waals surface area (Å²) in [6.07, 6.45) is 5.00. The number of thiophene rings is 1. The molecule has 2 N–H and O–H groups in total. The highest BCUT2D eigenvalue weighted by Crippen LogP contribution is 2.24. The van der Waals surface area contributed by atoms with Crippen LogP contribution in [0.15, 0.2) is 59.5 Å². The normalized spacial score (nSPS) is 11.6. The maximum Gasteiger partial charge on any atom is 0.335 e. The van der Waals surface area contributed by atoms with Gasteiger partial charge in [0.1, 0.15) is 0 Å². The van der Waals surface area contributed by atoms with Crippen molar-refractivity contribution in [1.29, 1.82) is 0 Å². The van der Waals surface area contributed by atoms with Gasteiger partial charge < -0.3 is 14.8 Å². The average Bonchev–Trinajstić information content (AvgIpc) is 3.35. The molecule has 0 amide bonds. The van der Waals surface area contributed by atoms with Crippen molar-refractivity contribution in [2.75, 3.05) is 0 Å². The predicted molar refractivity (Wildman–Crippen MR) is 115 cm³/mol. The highest BCUT2D eigenvalue weighted by atomic mass is 32.1. The van der Waals surface area contributed by atoms with Crippen LogP contribution in [0.4, 0.5) is 0 Å². The van der Waals surface area contributed by atoms with Gasteiger partial charge in [-0.3, -0.25) is 0 Å². The summed E-state index contributed by atoms with van der Waals surface area (Å²) in [4.78, 5) is 24.0. The molecule has 3 rings (SSSR count). The molecule has 29 heavy (non-hydrogen) atoms. The van der Waals surface area contributed by atoms with E-state index < -0.39 is 11.9 Å². The molecule has 6 heteroatoms. The number of hydrogen-bond donors (Lipinski definition) is 2. The van der Waals surface area contributed by atoms with E-state index in [1.807, 2.05) is 34.2 Å². The average molecular weight is 410 g/mol. The van der Waals surface area contributed by atoms with Gasteiger partial charge in [-0.2, -0.15) is 0 Å². The first-order valence-corrected chi connectivity index (χ1v) is 10.4. The van der Waals surface area contributed by atoms with E-state index in [2.05, 4.69) is 6.92 Å². The van der Waals surface area contributed by atoms with Gasteiger partial charge in [-0.15, -0.1) is 11.3 Å². The van der Waals surface area contributed by atoms with E-state index in [0.717, 1.165) is 41.2 Å². The summed E-state index contributed by atoms with van der Waals surface area (Å²) in [6, 6.07) is 14.4. The molecular weight excluding hydrogens is 386 g/mol. The number of aryl methyl sites for hydroxylation is 1. The zero-order chi connectivity index (χ0) is 20.8. The zero-order valence-corrected chi connectivity index (χ0v) is 17.0. The molecule has 2 aromatic heterocycles. The van der Waals surface area contributed by atoms with E-state index >= 15 is 0 Å². The Hall–Kier alpha value is -3.12. The highest BCUT2D eigenvalue weighted by molar-refractivity contribution is 7.09. The van der Waals surface area contributed by atoms with Gasteiger partial charge in [-0.05, 0) is 66.8 Å². The van der Waals surface area contributed by atoms with Gasteiger partial charge in [-0.1, -0.05) is 19.4 Å². The minimum atomic E-state index is -0.973. The minimum absolute atomic E-state index is 0.219. The van der Waals surface area contributed by atoms with Crippen LogP contribution in [-0.4, -0.2) is 26.7 Å². The molecule has 150 valence electrons. The third-order valence-corrected chi connectivity index (χ3v) is 5.57. The first-order chi connectivity index (χ1) is 14.0. The van der Waals surface area contributed by atoms with Gasteiger partial charge >= 0.3 is 11.9 Å². The summed E-state index contributed by atoms with van der Waals surface area (Å²) in [6.45, 7) is 2.12. The molecule has 0 saturated heterocycles. The zero-order valence-electron chi connectivity index (χ0n) is 16.2. The van der Waals surface area contributed by atoms with Crippen LogP contribution in [0.2, 0.25) is 0 Å². The third-order valence-electron chi connectivity index (χ3n) is 4.69. The van der Waals surface area contributed by atoms with Gasteiger partial charge in [0, 0.05) is 33.9 Å². The van der Waals surface area contributed by atoms with Crippen molar-refractivity contribution in [1.82, 2.24) is 4.57 Å². The van der Waals surface area contributed by atoms with Crippen molar-refractivity contribution in [3.63, 3.8) is 0 Å². The summed E-state index contributed by atoms with van der Waals surface area (Å²) in [5.74, 6) is -1.91. The number of aromatic carboxylic acids is 1. The molecule has 0 atom stereocenters. The monoisotopic (exact) mass is 409 g/mol. The molecule has 3 aromatic rings. The highest BCUT2D eigenvalue weighted by Gasteiger charge is 2.14. The predicted octanol–water partition coefficient (Wildman–Crippen LogP) is 5.29. The van der Waals surface area contributed by atoms with Crippen LogP contribution in [0.25, 0.3) is 11.8 Å². The maximum absolute atomic E-state index is 11.8. The van der Waals surface area contributed by atoms with E-state index in [-0.39, 0.29) is 5.56 Å². The molecule has 0 aliphatic carbocycles. The van der Waals surface area contributed by atoms with Crippen molar-refractivity contribution in [2.24, 2.45) is 0 Å². The van der Waals surface area contributed by atoms with Crippen LogP contribution < -0.4 is 0 Å². The van der Waals surface area contributed by atoms with Gasteiger partial charge in [0.15, 0.2) is 0 Å². The number of rotatable bonds is 9. The molecule has 0 unspecified atom stereocenters. The summed E-state index contributed by atoms with van der Waals surface area (Å²) in [5.41, 5.74) is 3.20. The molecule has 0 saturated carbocycles. The Kier molecular flexibility index (Phi) is 6.67. The molecule has 5 nitrogen and oxygen atoms in total. The summed E-state index contributed by atoms with van der Waals surface area (Å²) in [5, 5.41) is 20.8. The fourth-order valence-electron chi connectivity index (χ4n) is 3.20. The van der Waals surface area contributed by atoms with Gasteiger partial charge in [0.05, 0.1) is 5.56 Å². The van der Waals surface area contributed by atoms with E-state index in [4.69, 9.17) is 5.11 Å². The lowest BCUT2D eigenvalue weighted by atomic mass is 10.1. The molecular formula is C23H23NO4S. The number of carboxylic acid groups (broad SMARTS) is 2. The number of nitrogens with zero attached hydrogens (tertiary/aromatic N) is 1. The molecule has 0 aliphatic heterocycles. The lowest BCUT2D eigenvalue weighted by Gasteiger charge is -2.13. The smallest absolute Gasteiger partial charge is 0.335 e. The number of aliphatic carboxylic acids is 1. The maximum atomic E-state index is 11.8. The van der Waals surface area contributed by atoms with E-state index in [1.165, 1.54) is 11.3 Å². The van der Waals surface area contributed by atoms with Gasteiger partial charge in [0.2, 0.25) is 0 Å². The van der Waals surface area contributed by atoms with Crippen LogP contribution in [-0.2, 0) is 17.6 Å². The molecule has 2 heterocycles. The molecule has 0 spiro atoms. The molecule has 0 aliphatic rings. The Morgan fingerprint density at radius 2 is 1.83 bits per heavy atom. The Balaban J connectivity index is 2.04. The van der Waals surface area contributed by atoms with E-state index in [0.29, 0.717) is 12.0 Å². The van der Waals surface area contributed by atoms with Crippen LogP contribution in [0.1, 0.15) is 46.4 Å². The lowest BCUT2D eigenvalue weighted by molar-refractivity contribution is -0.132. The summed E-state index contributed by atoms with van der Waals surface area (Å²) in [7, 11) is 0. The number of carbonyl (C=O) groups is 2. The Morgan fingerprint density at radius 1 is 1.07 bits per heavy atom. The van der Waals surface area contributed by atoms with Gasteiger partial charge in [0.25, 0.3) is 0 Å². The van der Waals surface area contributed by atoms with Crippen LogP contribution in [0.3, 0.4) is 0 Å². The van der Waals surface area contributed by atoms with E-state index in [9.17, 15) is 14.7 Å². The second-order valence-electron chi connectivity index (χ2n) is 6.77. The third kappa shape index (κ3) is 5.03. The Bertz CT molecular complexity index is 1010. The summed E-state index contributed by atoms with van der Waals surface area (Å²) >= 11 is 1.53. The van der Waals surface area contributed by atoms with E-state index in [1.54, 1.807) is 30.3 Å². The second kappa shape index (κ2) is 9.39. The largest absolute Gasteiger partial charge is 0.478 e. The number of aromatic nitrogens is 1. The second-order valence-corrected chi connectivity index (χ2v) is 7.80. The van der Waals surface area contributed by atoms with Crippen LogP contribution >= 0.6 is 11.3 Å². The standard InChI is InChI=1S/C23H23NO4S/c1-2-3-5-18-11-12-20(14-17(23(27)28)15-21-6-4-13-29-21)24(18)19-9-7-16(8-10-19)22(25)26/h4,6-14H,2-3,5,15H2,1H3,(H,25,26)(H,27,28). The topological polar surface area (TPSA) is 79.5 Å². The van der Waals surface area contributed by atoms with Gasteiger partial charge in [-0.25, -0.2) is 9.59 Å². The fraction of sp³-hybridized carbons (Fsp3) is 0.217. The van der Waals surface area contributed by atoms with Crippen molar-refractivity contribution >= 4 is 29.4 Å². The SMILES string of the molecule is CCCCc1ccc(C=C(Cc2cccs2)C(=O)O)n1-c1ccc(C(=O)O)cc1. The number of unbranched alkanes of at least 4 members (excludes halogenated alkanes) is 1. The first-order valence-electron chi connectivity index (χ1n) is 9.50. The number of benzene rings is 1. The number of hydrogen-bond acceptors (Lipinski definition) is 3. The molecule has 0 fully saturated rings. The summed E-state index contributed by atoms with van der Waals surface area (Å²) < 4.78 is 2.01. The quantitative estimate of drug-likeness (QED) is 0.471. The van der Waals surface area contributed by atoms with Crippen molar-refractivity contribution in [2.45, 2.75) is 32.6 Å². The van der Waals surface area contributed by atoms with Crippen molar-refractivity contribution in [3.8, 4) is 5.69 Å². The van der Waals surface area contributed by atoms with Crippen molar-refractivity contribution in [3.05, 3.63) is 81.3 Å². The first kappa shape index (κ1) is 20.6. The molecule has 0 bridgehead atoms. The molecule has 0 radical (unpaired) electrons. The number of carboxylic acids is 2. The molecule has 1 aromatic carbocycles. The fourth-order valence-corrected chi connectivity index (χ4v) is 3.93. The minimum Gasteiger partial charge on any atom is -0.478 e. The lowest BCUT2D eigenvalue weighted by Crippen LogP contribution is -2.07. The Labute approximate surface area is 173 Å². The van der Waals surface area contributed by atoms with Crippen molar-refractivity contribution < 1.29 is 19.8 Å². The van der Waals surface area contributed by atoms with Crippen LogP contribution in [0, 0.1) is 0 Å². The Morgan fingerprint density at radius 3 is 2.41 bits per heavy atom. The van der Waals surface area contributed by atoms with Crippen LogP contribution in [0.5, 0.6) is 0 Å².